The molecule has 0 spiro atoms. The van der Waals surface area contributed by atoms with Crippen LogP contribution in [0.15, 0.2) is 36.0 Å². The van der Waals surface area contributed by atoms with Gasteiger partial charge in [0, 0.05) is 12.6 Å². The molecule has 4 aromatic heterocycles. The summed E-state index contributed by atoms with van der Waals surface area (Å²) in [6.07, 6.45) is -5.29. The maximum Gasteiger partial charge on any atom is 0.472 e. The van der Waals surface area contributed by atoms with Crippen molar-refractivity contribution in [1.82, 2.24) is 34.1 Å². The first kappa shape index (κ1) is 28.6. The Bertz CT molecular complexity index is 1850. The number of phosphoric acid groups is 2. The van der Waals surface area contributed by atoms with Crippen molar-refractivity contribution in [3.63, 3.8) is 0 Å². The highest BCUT2D eigenvalue weighted by atomic mass is 31.2. The van der Waals surface area contributed by atoms with Gasteiger partial charge in [0.1, 0.15) is 36.2 Å². The Morgan fingerprint density at radius 1 is 0.930 bits per heavy atom. The monoisotopic (exact) mass is 644 g/mol. The van der Waals surface area contributed by atoms with E-state index in [0.29, 0.717) is 16.9 Å². The molecule has 6 unspecified atom stereocenters. The number of phosphoric ester groups is 2. The van der Waals surface area contributed by atoms with Gasteiger partial charge in [0.2, 0.25) is 0 Å². The van der Waals surface area contributed by atoms with E-state index >= 15 is 4.39 Å². The number of nitrogen functional groups attached to an aromatic ring is 1. The number of rotatable bonds is 2. The van der Waals surface area contributed by atoms with Crippen LogP contribution in [0, 0.1) is 0 Å². The lowest BCUT2D eigenvalue weighted by molar-refractivity contribution is -0.0661. The average Bonchev–Trinajstić information content (AvgIpc) is 3.72. The van der Waals surface area contributed by atoms with E-state index in [1.165, 1.54) is 17.1 Å². The summed E-state index contributed by atoms with van der Waals surface area (Å²) in [6.45, 7) is -1.46. The van der Waals surface area contributed by atoms with Gasteiger partial charge in [0.05, 0.1) is 37.9 Å². The summed E-state index contributed by atoms with van der Waals surface area (Å²) in [6, 6.07) is 1.57. The second-order valence-electron chi connectivity index (χ2n) is 9.90. The highest BCUT2D eigenvalue weighted by molar-refractivity contribution is 7.47. The van der Waals surface area contributed by atoms with Crippen LogP contribution in [-0.2, 0) is 36.7 Å². The van der Waals surface area contributed by atoms with Crippen molar-refractivity contribution >= 4 is 43.7 Å². The van der Waals surface area contributed by atoms with Gasteiger partial charge in [-0.25, -0.2) is 33.5 Å². The number of aromatic nitrogens is 7. The molecule has 19 nitrogen and oxygen atoms in total. The first-order valence-electron chi connectivity index (χ1n) is 12.7. The van der Waals surface area contributed by atoms with Crippen LogP contribution in [0.1, 0.15) is 18.9 Å². The lowest BCUT2D eigenvalue weighted by Crippen LogP contribution is -2.35. The minimum absolute atomic E-state index is 0.0442. The summed E-state index contributed by atoms with van der Waals surface area (Å²) >= 11 is 0. The van der Waals surface area contributed by atoms with Gasteiger partial charge < -0.3 is 30.0 Å². The molecule has 5 N–H and O–H groups in total. The first-order chi connectivity index (χ1) is 20.5. The fourth-order valence-corrected chi connectivity index (χ4v) is 7.16. The molecule has 9 atom stereocenters. The van der Waals surface area contributed by atoms with Crippen molar-refractivity contribution in [2.75, 3.05) is 18.9 Å². The Kier molecular flexibility index (Phi) is 6.97. The van der Waals surface area contributed by atoms with Crippen LogP contribution in [0.3, 0.4) is 0 Å². The number of alkyl halides is 1. The van der Waals surface area contributed by atoms with Crippen molar-refractivity contribution in [2.45, 2.75) is 49.5 Å². The van der Waals surface area contributed by atoms with E-state index in [9.17, 15) is 23.7 Å². The molecule has 22 heteroatoms. The van der Waals surface area contributed by atoms with E-state index in [1.807, 2.05) is 0 Å². The maximum absolute atomic E-state index is 15.8. The quantitative estimate of drug-likeness (QED) is 0.219. The number of pyridine rings is 1. The van der Waals surface area contributed by atoms with Gasteiger partial charge in [0.15, 0.2) is 29.2 Å². The molecule has 0 aromatic carbocycles. The molecule has 230 valence electrons. The smallest absolute Gasteiger partial charge is 0.397 e. The third-order valence-electron chi connectivity index (χ3n) is 7.22. The van der Waals surface area contributed by atoms with Gasteiger partial charge in [0.25, 0.3) is 5.56 Å². The highest BCUT2D eigenvalue weighted by Gasteiger charge is 2.52. The fraction of sp³-hybridized carbons (Fsp3) is 0.476. The van der Waals surface area contributed by atoms with E-state index in [0.717, 1.165) is 17.2 Å². The summed E-state index contributed by atoms with van der Waals surface area (Å²) in [5.41, 5.74) is 6.33. The van der Waals surface area contributed by atoms with Gasteiger partial charge in [-0.1, -0.05) is 0 Å². The van der Waals surface area contributed by atoms with Gasteiger partial charge >= 0.3 is 15.6 Å². The Hall–Kier alpha value is -3.16. The molecule has 0 aliphatic carbocycles. The largest absolute Gasteiger partial charge is 0.472 e. The van der Waals surface area contributed by atoms with Gasteiger partial charge in [-0.3, -0.25) is 32.0 Å². The van der Waals surface area contributed by atoms with Crippen LogP contribution in [0.4, 0.5) is 10.1 Å². The molecule has 4 aromatic rings. The van der Waals surface area contributed by atoms with Gasteiger partial charge in [-0.15, -0.1) is 0 Å². The van der Waals surface area contributed by atoms with Crippen molar-refractivity contribution < 1.29 is 50.9 Å². The molecule has 0 radical (unpaired) electrons. The first-order valence-corrected chi connectivity index (χ1v) is 15.7. The number of halogens is 1. The predicted octanol–water partition coefficient (Wildman–Crippen LogP) is 0.688. The van der Waals surface area contributed by atoms with Crippen molar-refractivity contribution in [3.05, 3.63) is 41.6 Å². The van der Waals surface area contributed by atoms with E-state index in [2.05, 4.69) is 24.9 Å². The second-order valence-corrected chi connectivity index (χ2v) is 12.7. The van der Waals surface area contributed by atoms with Crippen LogP contribution in [0.2, 0.25) is 0 Å². The number of H-pyrrole nitrogens is 1. The molecule has 7 rings (SSSR count). The van der Waals surface area contributed by atoms with E-state index in [-0.39, 0.29) is 17.6 Å². The number of hydrogen-bond donors (Lipinski definition) is 4. The summed E-state index contributed by atoms with van der Waals surface area (Å²) in [5, 5.41) is 0. The minimum atomic E-state index is -5.00. The third-order valence-corrected chi connectivity index (χ3v) is 9.21. The molecule has 7 heterocycles. The van der Waals surface area contributed by atoms with Crippen LogP contribution >= 0.6 is 15.6 Å². The summed E-state index contributed by atoms with van der Waals surface area (Å²) in [4.78, 5) is 51.8. The summed E-state index contributed by atoms with van der Waals surface area (Å²) in [5.74, 6) is 0. The number of nitrogens with two attached hydrogens (primary N) is 1. The molecule has 0 bridgehead atoms. The van der Waals surface area contributed by atoms with Crippen LogP contribution in [0.25, 0.3) is 22.3 Å². The number of fused-ring (bicyclic) bond motifs is 4. The molecule has 3 aliphatic rings. The number of aromatic amines is 1. The molecule has 0 amide bonds. The number of imidazole rings is 2. The number of hydrogen-bond acceptors (Lipinski definition) is 14. The fourth-order valence-electron chi connectivity index (χ4n) is 5.24. The molecular formula is C21H23FN8O11P2. The van der Waals surface area contributed by atoms with Gasteiger partial charge in [-0.2, -0.15) is 0 Å². The molecule has 3 saturated heterocycles. The summed E-state index contributed by atoms with van der Waals surface area (Å²) < 4.78 is 76.8. The van der Waals surface area contributed by atoms with Gasteiger partial charge in [-0.05, 0) is 6.07 Å². The van der Waals surface area contributed by atoms with Crippen LogP contribution in [0.5, 0.6) is 0 Å². The zero-order chi connectivity index (χ0) is 30.1. The molecule has 43 heavy (non-hydrogen) atoms. The Morgan fingerprint density at radius 3 is 2.44 bits per heavy atom. The van der Waals surface area contributed by atoms with Crippen molar-refractivity contribution in [3.8, 4) is 0 Å². The number of anilines is 1. The predicted molar refractivity (Wildman–Crippen MR) is 139 cm³/mol. The lowest BCUT2D eigenvalue weighted by Gasteiger charge is -2.27. The number of ether oxygens (including phenoxy) is 2. The van der Waals surface area contributed by atoms with Crippen LogP contribution in [-0.4, -0.2) is 87.6 Å². The standard InChI is InChI=1S/C21H23FN8O11P2/c22-14-17-12(39-21(14)30-8-28-16-19(30)25-6-26-20(16)31)5-37-42(32,33)40-10-3-13(38-11(10)4-36-43(34,35)41-17)29-7-27-15-9(23)1-2-24-18(15)29/h1-2,6-8,10-14,17,21H,3-5H2,(H2,23,24)(H,32,33)(H,34,35)(H,25,26,31)/t10-,11?,12?,13?,14+,17+,21?/m0/s1. The van der Waals surface area contributed by atoms with E-state index in [1.54, 1.807) is 6.07 Å². The number of nitrogens with zero attached hydrogens (tertiary/aromatic N) is 6. The topological polar surface area (TPSA) is 250 Å². The zero-order valence-corrected chi connectivity index (χ0v) is 23.4. The Labute approximate surface area is 238 Å². The maximum atomic E-state index is 15.8. The molecule has 0 saturated carbocycles. The third kappa shape index (κ3) is 5.18. The van der Waals surface area contributed by atoms with Crippen molar-refractivity contribution in [2.24, 2.45) is 0 Å². The minimum Gasteiger partial charge on any atom is -0.397 e. The van der Waals surface area contributed by atoms with Crippen LogP contribution < -0.4 is 11.3 Å². The molecule has 3 aliphatic heterocycles. The van der Waals surface area contributed by atoms with E-state index in [4.69, 9.17) is 33.3 Å². The Morgan fingerprint density at radius 2 is 1.63 bits per heavy atom. The zero-order valence-electron chi connectivity index (χ0n) is 21.7. The average molecular weight is 644 g/mol. The lowest BCUT2D eigenvalue weighted by atomic mass is 10.1. The second kappa shape index (κ2) is 10.5. The SMILES string of the molecule is Nc1ccnc2c1ncn2C1C[C@@H]2OP(=O)(O)OCC3OC(n4cnc5c(=O)[nH]cnc54)[C@H](F)[C@@H]3OP(=O)(O)OCC2O1. The van der Waals surface area contributed by atoms with E-state index < -0.39 is 77.5 Å². The summed E-state index contributed by atoms with van der Waals surface area (Å²) in [7, 11) is -9.86. The molecular weight excluding hydrogens is 621 g/mol. The van der Waals surface area contributed by atoms with Crippen molar-refractivity contribution in [1.29, 1.82) is 0 Å². The Balaban J connectivity index is 1.15. The molecule has 3 fully saturated rings. The highest BCUT2D eigenvalue weighted by Crippen LogP contribution is 2.54. The normalized spacial score (nSPS) is 37.1. The number of nitrogens with one attached hydrogen (secondary N) is 1.